The van der Waals surface area contributed by atoms with Gasteiger partial charge in [-0.25, -0.2) is 0 Å². The van der Waals surface area contributed by atoms with Crippen LogP contribution in [0.4, 0.5) is 0 Å². The predicted octanol–water partition coefficient (Wildman–Crippen LogP) is 2.27. The van der Waals surface area contributed by atoms with Crippen molar-refractivity contribution >= 4 is 0 Å². The van der Waals surface area contributed by atoms with Crippen LogP contribution in [0, 0.1) is 5.92 Å². The van der Waals surface area contributed by atoms with Gasteiger partial charge in [-0.15, -0.1) is 0 Å². The SMILES string of the molecule is CC(C)C1OCc2ccccc2C1O. The summed E-state index contributed by atoms with van der Waals surface area (Å²) in [7, 11) is 0. The number of fused-ring (bicyclic) bond motifs is 1. The Morgan fingerprint density at radius 2 is 2.07 bits per heavy atom. The van der Waals surface area contributed by atoms with Gasteiger partial charge in [0.25, 0.3) is 0 Å². The Labute approximate surface area is 84.5 Å². The van der Waals surface area contributed by atoms with Crippen LogP contribution in [0.5, 0.6) is 0 Å². The standard InChI is InChI=1S/C12H16O2/c1-8(2)12-11(13)10-6-4-3-5-9(10)7-14-12/h3-6,8,11-13H,7H2,1-2H3. The molecule has 0 radical (unpaired) electrons. The van der Waals surface area contributed by atoms with E-state index in [1.165, 1.54) is 0 Å². The molecule has 1 aromatic rings. The summed E-state index contributed by atoms with van der Waals surface area (Å²) in [5.41, 5.74) is 2.13. The molecule has 2 rings (SSSR count). The van der Waals surface area contributed by atoms with Gasteiger partial charge in [0.1, 0.15) is 6.10 Å². The van der Waals surface area contributed by atoms with E-state index in [2.05, 4.69) is 13.8 Å². The molecular formula is C12H16O2. The van der Waals surface area contributed by atoms with Crippen molar-refractivity contribution in [3.63, 3.8) is 0 Å². The van der Waals surface area contributed by atoms with Gasteiger partial charge in [0.2, 0.25) is 0 Å². The fraction of sp³-hybridized carbons (Fsp3) is 0.500. The summed E-state index contributed by atoms with van der Waals surface area (Å²) in [4.78, 5) is 0. The maximum Gasteiger partial charge on any atom is 0.106 e. The van der Waals surface area contributed by atoms with Crippen LogP contribution in [0.2, 0.25) is 0 Å². The van der Waals surface area contributed by atoms with Crippen LogP contribution < -0.4 is 0 Å². The van der Waals surface area contributed by atoms with Gasteiger partial charge in [-0.1, -0.05) is 38.1 Å². The van der Waals surface area contributed by atoms with Crippen molar-refractivity contribution in [1.82, 2.24) is 0 Å². The second kappa shape index (κ2) is 3.71. The van der Waals surface area contributed by atoms with Crippen LogP contribution in [0.25, 0.3) is 0 Å². The molecule has 0 aromatic heterocycles. The van der Waals surface area contributed by atoms with E-state index >= 15 is 0 Å². The zero-order valence-corrected chi connectivity index (χ0v) is 8.60. The van der Waals surface area contributed by atoms with Crippen LogP contribution in [-0.2, 0) is 11.3 Å². The molecule has 76 valence electrons. The first-order chi connectivity index (χ1) is 6.70. The highest BCUT2D eigenvalue weighted by Crippen LogP contribution is 2.32. The molecule has 0 saturated carbocycles. The summed E-state index contributed by atoms with van der Waals surface area (Å²) in [6, 6.07) is 7.93. The van der Waals surface area contributed by atoms with E-state index in [9.17, 15) is 5.11 Å². The largest absolute Gasteiger partial charge is 0.386 e. The molecule has 2 atom stereocenters. The Hall–Kier alpha value is -0.860. The average molecular weight is 192 g/mol. The zero-order valence-electron chi connectivity index (χ0n) is 8.60. The van der Waals surface area contributed by atoms with E-state index in [4.69, 9.17) is 4.74 Å². The second-order valence-electron chi connectivity index (χ2n) is 4.16. The molecule has 2 heteroatoms. The lowest BCUT2D eigenvalue weighted by atomic mass is 9.91. The number of benzene rings is 1. The molecule has 1 heterocycles. The minimum absolute atomic E-state index is 0.0649. The smallest absolute Gasteiger partial charge is 0.106 e. The molecule has 1 aliphatic heterocycles. The Morgan fingerprint density at radius 1 is 1.36 bits per heavy atom. The molecule has 14 heavy (non-hydrogen) atoms. The van der Waals surface area contributed by atoms with E-state index in [-0.39, 0.29) is 6.10 Å². The van der Waals surface area contributed by atoms with Gasteiger partial charge < -0.3 is 9.84 Å². The third-order valence-corrected chi connectivity index (χ3v) is 2.77. The highest BCUT2D eigenvalue weighted by atomic mass is 16.5. The Morgan fingerprint density at radius 3 is 2.79 bits per heavy atom. The van der Waals surface area contributed by atoms with E-state index in [1.54, 1.807) is 0 Å². The minimum Gasteiger partial charge on any atom is -0.386 e. The topological polar surface area (TPSA) is 29.5 Å². The van der Waals surface area contributed by atoms with Crippen LogP contribution >= 0.6 is 0 Å². The summed E-state index contributed by atoms with van der Waals surface area (Å²) in [6.07, 6.45) is -0.537. The number of hydrogen-bond donors (Lipinski definition) is 1. The van der Waals surface area contributed by atoms with E-state index in [1.807, 2.05) is 24.3 Å². The van der Waals surface area contributed by atoms with Crippen LogP contribution in [0.15, 0.2) is 24.3 Å². The minimum atomic E-state index is -0.472. The van der Waals surface area contributed by atoms with E-state index in [0.29, 0.717) is 12.5 Å². The molecule has 1 aromatic carbocycles. The molecule has 0 saturated heterocycles. The maximum absolute atomic E-state index is 10.1. The van der Waals surface area contributed by atoms with Gasteiger partial charge >= 0.3 is 0 Å². The Balaban J connectivity index is 2.31. The highest BCUT2D eigenvalue weighted by Gasteiger charge is 2.30. The predicted molar refractivity (Wildman–Crippen MR) is 54.8 cm³/mol. The first-order valence-electron chi connectivity index (χ1n) is 5.07. The van der Waals surface area contributed by atoms with E-state index < -0.39 is 6.10 Å². The van der Waals surface area contributed by atoms with Gasteiger partial charge in [-0.2, -0.15) is 0 Å². The number of rotatable bonds is 1. The van der Waals surface area contributed by atoms with E-state index in [0.717, 1.165) is 11.1 Å². The monoisotopic (exact) mass is 192 g/mol. The summed E-state index contributed by atoms with van der Waals surface area (Å²) in [5.74, 6) is 0.346. The van der Waals surface area contributed by atoms with Gasteiger partial charge in [0.05, 0.1) is 12.7 Å². The number of aliphatic hydroxyl groups is 1. The maximum atomic E-state index is 10.1. The summed E-state index contributed by atoms with van der Waals surface area (Å²) >= 11 is 0. The van der Waals surface area contributed by atoms with Gasteiger partial charge in [0, 0.05) is 0 Å². The van der Waals surface area contributed by atoms with Crippen molar-refractivity contribution < 1.29 is 9.84 Å². The lowest BCUT2D eigenvalue weighted by Crippen LogP contribution is -2.32. The molecule has 1 N–H and O–H groups in total. The molecule has 0 aliphatic carbocycles. The second-order valence-corrected chi connectivity index (χ2v) is 4.16. The van der Waals surface area contributed by atoms with Crippen molar-refractivity contribution in [2.24, 2.45) is 5.92 Å². The quantitative estimate of drug-likeness (QED) is 0.739. The van der Waals surface area contributed by atoms with Gasteiger partial charge in [0.15, 0.2) is 0 Å². The lowest BCUT2D eigenvalue weighted by molar-refractivity contribution is -0.0855. The van der Waals surface area contributed by atoms with Crippen LogP contribution in [0.1, 0.15) is 31.1 Å². The Kier molecular flexibility index (Phi) is 2.57. The summed E-state index contributed by atoms with van der Waals surface area (Å²) in [6.45, 7) is 4.76. The lowest BCUT2D eigenvalue weighted by Gasteiger charge is -2.32. The fourth-order valence-electron chi connectivity index (χ4n) is 1.97. The van der Waals surface area contributed by atoms with Crippen molar-refractivity contribution in [2.75, 3.05) is 0 Å². The van der Waals surface area contributed by atoms with Crippen molar-refractivity contribution in [3.8, 4) is 0 Å². The molecular weight excluding hydrogens is 176 g/mol. The van der Waals surface area contributed by atoms with Crippen LogP contribution in [-0.4, -0.2) is 11.2 Å². The first-order valence-corrected chi connectivity index (χ1v) is 5.07. The number of hydrogen-bond acceptors (Lipinski definition) is 2. The normalized spacial score (nSPS) is 26.3. The Bertz CT molecular complexity index is 320. The number of aliphatic hydroxyl groups excluding tert-OH is 1. The highest BCUT2D eigenvalue weighted by molar-refractivity contribution is 5.30. The van der Waals surface area contributed by atoms with Crippen molar-refractivity contribution in [2.45, 2.75) is 32.7 Å². The molecule has 0 spiro atoms. The summed E-state index contributed by atoms with van der Waals surface area (Å²) in [5, 5.41) is 10.1. The first kappa shape index (κ1) is 9.69. The van der Waals surface area contributed by atoms with Gasteiger partial charge in [-0.05, 0) is 17.0 Å². The molecule has 2 unspecified atom stereocenters. The fourth-order valence-corrected chi connectivity index (χ4v) is 1.97. The van der Waals surface area contributed by atoms with Crippen molar-refractivity contribution in [3.05, 3.63) is 35.4 Å². The molecule has 1 aliphatic rings. The molecule has 0 fully saturated rings. The van der Waals surface area contributed by atoms with Crippen LogP contribution in [0.3, 0.4) is 0 Å². The average Bonchev–Trinajstić information content (AvgIpc) is 2.18. The van der Waals surface area contributed by atoms with Crippen molar-refractivity contribution in [1.29, 1.82) is 0 Å². The summed E-state index contributed by atoms with van der Waals surface area (Å²) < 4.78 is 5.63. The number of ether oxygens (including phenoxy) is 1. The molecule has 0 amide bonds. The third-order valence-electron chi connectivity index (χ3n) is 2.77. The molecule has 2 nitrogen and oxygen atoms in total. The van der Waals surface area contributed by atoms with Gasteiger partial charge in [-0.3, -0.25) is 0 Å². The third kappa shape index (κ3) is 1.56. The zero-order chi connectivity index (χ0) is 10.1. The molecule has 0 bridgehead atoms.